The largest absolute Gasteiger partial charge is 0.497 e. The number of carbonyl (C=O) groups excluding carboxylic acids is 1. The molecule has 9 heteroatoms. The summed E-state index contributed by atoms with van der Waals surface area (Å²) in [5.74, 6) is -2.15. The molecule has 4 nitrogen and oxygen atoms in total. The van der Waals surface area contributed by atoms with Gasteiger partial charge in [0, 0.05) is 16.0 Å². The van der Waals surface area contributed by atoms with Crippen LogP contribution in [0.1, 0.15) is 48.8 Å². The van der Waals surface area contributed by atoms with Gasteiger partial charge in [-0.25, -0.2) is 4.39 Å². The summed E-state index contributed by atoms with van der Waals surface area (Å²) < 4.78 is 71.7. The molecule has 2 aromatic carbocycles. The maximum Gasteiger partial charge on any atom is 0.395 e. The predicted molar refractivity (Wildman–Crippen MR) is 127 cm³/mol. The Bertz CT molecular complexity index is 1170. The second-order valence-electron chi connectivity index (χ2n) is 8.16. The van der Waals surface area contributed by atoms with Crippen molar-refractivity contribution in [3.05, 3.63) is 70.4 Å². The van der Waals surface area contributed by atoms with Crippen molar-refractivity contribution >= 4 is 17.3 Å². The number of ether oxygens (including phenoxy) is 3. The van der Waals surface area contributed by atoms with Gasteiger partial charge in [-0.3, -0.25) is 4.79 Å². The minimum Gasteiger partial charge on any atom is -0.497 e. The van der Waals surface area contributed by atoms with Crippen molar-refractivity contribution in [1.29, 1.82) is 0 Å². The van der Waals surface area contributed by atoms with Crippen LogP contribution < -0.4 is 9.47 Å². The minimum absolute atomic E-state index is 0.0233. The number of hydrogen-bond donors (Lipinski definition) is 0. The lowest BCUT2D eigenvalue weighted by molar-refractivity contribution is -0.146. The molecule has 1 heterocycles. The molecular weight excluding hydrogens is 484 g/mol. The summed E-state index contributed by atoms with van der Waals surface area (Å²) in [6, 6.07) is 11.0. The van der Waals surface area contributed by atoms with Gasteiger partial charge in [-0.1, -0.05) is 19.1 Å². The number of thiophene rings is 1. The van der Waals surface area contributed by atoms with Gasteiger partial charge >= 0.3 is 12.1 Å². The van der Waals surface area contributed by atoms with E-state index in [9.17, 15) is 22.4 Å². The fraction of sp³-hybridized carbons (Fsp3) is 0.346. The average Bonchev–Trinajstić information content (AvgIpc) is 3.25. The van der Waals surface area contributed by atoms with E-state index >= 15 is 0 Å². The van der Waals surface area contributed by atoms with Crippen LogP contribution in [0.25, 0.3) is 10.4 Å². The zero-order valence-electron chi connectivity index (χ0n) is 19.7. The zero-order valence-corrected chi connectivity index (χ0v) is 20.6. The van der Waals surface area contributed by atoms with Gasteiger partial charge < -0.3 is 14.2 Å². The highest BCUT2D eigenvalue weighted by Crippen LogP contribution is 2.45. The quantitative estimate of drug-likeness (QED) is 0.221. The Labute approximate surface area is 205 Å². The number of esters is 1. The molecule has 0 spiro atoms. The first kappa shape index (κ1) is 26.5. The highest BCUT2D eigenvalue weighted by Gasteiger charge is 2.40. The first-order valence-corrected chi connectivity index (χ1v) is 11.7. The van der Waals surface area contributed by atoms with Gasteiger partial charge in [-0.15, -0.1) is 11.3 Å². The fourth-order valence-electron chi connectivity index (χ4n) is 3.69. The van der Waals surface area contributed by atoms with Gasteiger partial charge in [-0.2, -0.15) is 13.2 Å². The summed E-state index contributed by atoms with van der Waals surface area (Å²) in [6.45, 7) is 2.79. The molecule has 0 saturated carbocycles. The Kier molecular flexibility index (Phi) is 8.43. The van der Waals surface area contributed by atoms with Crippen LogP contribution in [0.5, 0.6) is 11.5 Å². The zero-order chi connectivity index (χ0) is 25.8. The van der Waals surface area contributed by atoms with Crippen molar-refractivity contribution < 1.29 is 36.6 Å². The summed E-state index contributed by atoms with van der Waals surface area (Å²) in [4.78, 5) is 11.8. The van der Waals surface area contributed by atoms with Crippen LogP contribution in [-0.2, 0) is 16.1 Å². The third-order valence-electron chi connectivity index (χ3n) is 5.77. The molecule has 0 fully saturated rings. The number of rotatable bonds is 9. The normalized spacial score (nSPS) is 13.3. The molecule has 1 aromatic heterocycles. The molecule has 1 unspecified atom stereocenters. The molecule has 2 atom stereocenters. The number of methoxy groups -OCH3 is 2. The van der Waals surface area contributed by atoms with Crippen molar-refractivity contribution in [2.75, 3.05) is 14.2 Å². The van der Waals surface area contributed by atoms with Crippen molar-refractivity contribution in [3.63, 3.8) is 0 Å². The van der Waals surface area contributed by atoms with Crippen LogP contribution in [0, 0.1) is 5.82 Å². The number of hydrogen-bond acceptors (Lipinski definition) is 5. The third-order valence-corrected chi connectivity index (χ3v) is 6.85. The maximum absolute atomic E-state index is 14.6. The van der Waals surface area contributed by atoms with E-state index in [4.69, 9.17) is 14.2 Å². The van der Waals surface area contributed by atoms with E-state index in [2.05, 4.69) is 0 Å². The van der Waals surface area contributed by atoms with Crippen LogP contribution in [0.15, 0.2) is 47.8 Å². The van der Waals surface area contributed by atoms with Crippen LogP contribution >= 0.6 is 11.3 Å². The molecule has 0 radical (unpaired) electrons. The first-order valence-electron chi connectivity index (χ1n) is 10.9. The third kappa shape index (κ3) is 6.33. The van der Waals surface area contributed by atoms with Gasteiger partial charge in [0.1, 0.15) is 23.9 Å². The van der Waals surface area contributed by atoms with E-state index in [1.165, 1.54) is 32.4 Å². The predicted octanol–water partition coefficient (Wildman–Crippen LogP) is 7.47. The molecule has 35 heavy (non-hydrogen) atoms. The molecule has 0 saturated heterocycles. The monoisotopic (exact) mass is 510 g/mol. The molecule has 0 aliphatic heterocycles. The van der Waals surface area contributed by atoms with Crippen molar-refractivity contribution in [2.45, 2.75) is 44.9 Å². The highest BCUT2D eigenvalue weighted by atomic mass is 32.1. The smallest absolute Gasteiger partial charge is 0.395 e. The van der Waals surface area contributed by atoms with Crippen LogP contribution in [-0.4, -0.2) is 26.4 Å². The Morgan fingerprint density at radius 3 is 2.46 bits per heavy atom. The summed E-state index contributed by atoms with van der Waals surface area (Å²) in [5, 5.41) is 1.57. The Morgan fingerprint density at radius 1 is 1.06 bits per heavy atom. The number of alkyl halides is 3. The number of carbonyl (C=O) groups is 1. The van der Waals surface area contributed by atoms with Gasteiger partial charge in [0.25, 0.3) is 0 Å². The summed E-state index contributed by atoms with van der Waals surface area (Å²) in [6.07, 6.45) is -4.34. The lowest BCUT2D eigenvalue weighted by atomic mass is 9.94. The molecule has 0 aliphatic carbocycles. The highest BCUT2D eigenvalue weighted by molar-refractivity contribution is 7.14. The Morgan fingerprint density at radius 2 is 1.80 bits per heavy atom. The molecule has 3 rings (SSSR count). The van der Waals surface area contributed by atoms with E-state index < -0.39 is 17.9 Å². The van der Waals surface area contributed by atoms with Gasteiger partial charge in [-0.05, 0) is 59.7 Å². The molecular formula is C26H26F4O4S. The Balaban J connectivity index is 1.92. The topological polar surface area (TPSA) is 44.8 Å². The summed E-state index contributed by atoms with van der Waals surface area (Å²) in [7, 11) is 2.73. The molecule has 0 N–H and O–H groups in total. The number of benzene rings is 2. The lowest BCUT2D eigenvalue weighted by Crippen LogP contribution is -2.19. The second-order valence-corrected chi connectivity index (χ2v) is 9.03. The molecule has 188 valence electrons. The molecule has 0 aliphatic rings. The molecule has 0 amide bonds. The van der Waals surface area contributed by atoms with E-state index in [1.807, 2.05) is 13.0 Å². The molecule has 3 aromatic rings. The average molecular weight is 511 g/mol. The summed E-state index contributed by atoms with van der Waals surface area (Å²) >= 11 is 1.03. The SMILES string of the molecule is COC(=O)C[C@@H](C)c1cccc(OCc2csc(-c3cc(OC)ccc3F)c2C(C)C(F)(F)F)c1. The standard InChI is InChI=1S/C26H26F4O4S/c1-15(10-23(31)33-4)17-6-5-7-20(11-17)34-13-18-14-35-25(24(18)16(2)26(28,29)30)21-12-19(32-3)8-9-22(21)27/h5-9,11-12,14-16H,10,13H2,1-4H3/t15-,16?/m1/s1. The maximum atomic E-state index is 14.6. The van der Waals surface area contributed by atoms with Gasteiger partial charge in [0.05, 0.1) is 26.6 Å². The van der Waals surface area contributed by atoms with Crippen molar-refractivity contribution in [1.82, 2.24) is 0 Å². The lowest BCUT2D eigenvalue weighted by Gasteiger charge is -2.20. The van der Waals surface area contributed by atoms with E-state index in [1.54, 1.807) is 23.6 Å². The van der Waals surface area contributed by atoms with Crippen molar-refractivity contribution in [2.24, 2.45) is 0 Å². The van der Waals surface area contributed by atoms with Gasteiger partial charge in [0.2, 0.25) is 0 Å². The van der Waals surface area contributed by atoms with E-state index in [0.717, 1.165) is 23.8 Å². The first-order chi connectivity index (χ1) is 16.5. The van der Waals surface area contributed by atoms with Crippen LogP contribution in [0.3, 0.4) is 0 Å². The number of halogens is 4. The summed E-state index contributed by atoms with van der Waals surface area (Å²) in [5.41, 5.74) is 1.18. The second kappa shape index (κ2) is 11.1. The van der Waals surface area contributed by atoms with E-state index in [0.29, 0.717) is 17.1 Å². The fourth-order valence-corrected chi connectivity index (χ4v) is 4.86. The molecule has 0 bridgehead atoms. The van der Waals surface area contributed by atoms with Crippen LogP contribution in [0.2, 0.25) is 0 Å². The minimum atomic E-state index is -4.52. The van der Waals surface area contributed by atoms with Gasteiger partial charge in [0.15, 0.2) is 0 Å². The van der Waals surface area contributed by atoms with Crippen LogP contribution in [0.4, 0.5) is 17.6 Å². The van der Waals surface area contributed by atoms with Crippen molar-refractivity contribution in [3.8, 4) is 21.9 Å². The van der Waals surface area contributed by atoms with E-state index in [-0.39, 0.29) is 40.9 Å². The Hall–Kier alpha value is -3.07.